The Hall–Kier alpha value is -2.09. The van der Waals surface area contributed by atoms with Crippen molar-refractivity contribution in [3.05, 3.63) is 41.0 Å². The monoisotopic (exact) mass is 284 g/mol. The molecule has 1 aromatic heterocycles. The third-order valence-corrected chi connectivity index (χ3v) is 2.56. The van der Waals surface area contributed by atoms with Crippen molar-refractivity contribution in [3.63, 3.8) is 0 Å². The number of nitrogens with two attached hydrogens (primary N) is 1. The van der Waals surface area contributed by atoms with Crippen LogP contribution in [0.25, 0.3) is 0 Å². The minimum Gasteiger partial charge on any atom is -0.389 e. The largest absolute Gasteiger partial charge is 0.389 e. The van der Waals surface area contributed by atoms with Crippen LogP contribution in [0.3, 0.4) is 0 Å². The lowest BCUT2D eigenvalue weighted by atomic mass is 10.2. The summed E-state index contributed by atoms with van der Waals surface area (Å²) in [6.45, 7) is 1.66. The van der Waals surface area contributed by atoms with Crippen molar-refractivity contribution >= 4 is 22.9 Å². The first-order valence-corrected chi connectivity index (χ1v) is 5.70. The molecule has 1 heterocycles. The van der Waals surface area contributed by atoms with Gasteiger partial charge < -0.3 is 15.6 Å². The van der Waals surface area contributed by atoms with Gasteiger partial charge in [0.2, 0.25) is 5.89 Å². The molecule has 19 heavy (non-hydrogen) atoms. The van der Waals surface area contributed by atoms with E-state index in [9.17, 15) is 8.78 Å². The van der Waals surface area contributed by atoms with Crippen molar-refractivity contribution in [1.29, 1.82) is 0 Å². The Morgan fingerprint density at radius 3 is 2.53 bits per heavy atom. The molecule has 0 atom stereocenters. The Kier molecular flexibility index (Phi) is 3.70. The molecule has 0 aliphatic heterocycles. The van der Waals surface area contributed by atoms with E-state index >= 15 is 0 Å². The summed E-state index contributed by atoms with van der Waals surface area (Å²) in [5, 5.41) is 6.16. The maximum Gasteiger partial charge on any atom is 0.223 e. The Bertz CT molecular complexity index is 606. The van der Waals surface area contributed by atoms with E-state index in [0.717, 1.165) is 12.1 Å². The third kappa shape index (κ3) is 3.02. The fraction of sp³-hybridized carbons (Fsp3) is 0.182. The van der Waals surface area contributed by atoms with Crippen molar-refractivity contribution in [1.82, 2.24) is 10.1 Å². The number of halogens is 2. The molecule has 0 amide bonds. The lowest BCUT2D eigenvalue weighted by Crippen LogP contribution is -2.12. The molecule has 1 aromatic carbocycles. The molecule has 0 saturated heterocycles. The van der Waals surface area contributed by atoms with Gasteiger partial charge in [-0.1, -0.05) is 17.4 Å². The zero-order chi connectivity index (χ0) is 14.0. The third-order valence-electron chi connectivity index (χ3n) is 2.32. The average molecular weight is 284 g/mol. The Balaban J connectivity index is 2.18. The summed E-state index contributed by atoms with van der Waals surface area (Å²) in [6.07, 6.45) is 0. The minimum atomic E-state index is -0.789. The first kappa shape index (κ1) is 13.3. The van der Waals surface area contributed by atoms with Crippen LogP contribution in [0.2, 0.25) is 0 Å². The molecule has 2 aromatic rings. The molecule has 0 bridgehead atoms. The van der Waals surface area contributed by atoms with Crippen molar-refractivity contribution in [2.45, 2.75) is 13.5 Å². The van der Waals surface area contributed by atoms with E-state index in [4.69, 9.17) is 10.3 Å². The lowest BCUT2D eigenvalue weighted by molar-refractivity contribution is 0.388. The van der Waals surface area contributed by atoms with Crippen LogP contribution in [-0.2, 0) is 6.54 Å². The second-order valence-electron chi connectivity index (χ2n) is 3.76. The number of nitrogens with one attached hydrogen (secondary N) is 1. The van der Waals surface area contributed by atoms with Gasteiger partial charge in [-0.25, -0.2) is 8.78 Å². The van der Waals surface area contributed by atoms with E-state index in [2.05, 4.69) is 27.7 Å². The summed E-state index contributed by atoms with van der Waals surface area (Å²) in [4.78, 5) is 3.83. The smallest absolute Gasteiger partial charge is 0.223 e. The first-order valence-electron chi connectivity index (χ1n) is 5.29. The van der Waals surface area contributed by atoms with Gasteiger partial charge in [-0.2, -0.15) is 4.98 Å². The number of rotatable bonds is 4. The van der Waals surface area contributed by atoms with Gasteiger partial charge in [-0.3, -0.25) is 0 Å². The number of nitrogens with zero attached hydrogens (tertiary/aromatic N) is 2. The number of hydrogen-bond donors (Lipinski definition) is 2. The van der Waals surface area contributed by atoms with E-state index in [1.165, 1.54) is 0 Å². The molecule has 0 spiro atoms. The summed E-state index contributed by atoms with van der Waals surface area (Å²) in [7, 11) is 0. The van der Waals surface area contributed by atoms with Crippen molar-refractivity contribution in [3.8, 4) is 0 Å². The quantitative estimate of drug-likeness (QED) is 0.835. The Labute approximate surface area is 112 Å². The molecule has 2 rings (SSSR count). The van der Waals surface area contributed by atoms with Crippen LogP contribution in [0, 0.1) is 18.6 Å². The highest BCUT2D eigenvalue weighted by atomic mass is 32.1. The van der Waals surface area contributed by atoms with Crippen LogP contribution in [0.5, 0.6) is 0 Å². The lowest BCUT2D eigenvalue weighted by Gasteiger charge is -2.08. The van der Waals surface area contributed by atoms with E-state index in [-0.39, 0.29) is 22.8 Å². The summed E-state index contributed by atoms with van der Waals surface area (Å²) in [5.41, 5.74) is 5.16. The first-order chi connectivity index (χ1) is 8.97. The molecule has 0 aliphatic rings. The second-order valence-corrected chi connectivity index (χ2v) is 4.20. The van der Waals surface area contributed by atoms with Gasteiger partial charge in [-0.15, -0.1) is 0 Å². The zero-order valence-corrected chi connectivity index (χ0v) is 10.7. The molecule has 8 heteroatoms. The highest BCUT2D eigenvalue weighted by Gasteiger charge is 2.13. The summed E-state index contributed by atoms with van der Waals surface area (Å²) >= 11 is 4.66. The van der Waals surface area contributed by atoms with Gasteiger partial charge in [0.15, 0.2) is 5.82 Å². The summed E-state index contributed by atoms with van der Waals surface area (Å²) < 4.78 is 32.1. The standard InChI is InChI=1S/C11H10F2N4OS/c1-5-16-9(17-18-5)4-15-10-7(12)2-6(11(14)19)3-8(10)13/h2-3,15H,4H2,1H3,(H2,14,19). The van der Waals surface area contributed by atoms with Gasteiger partial charge >= 0.3 is 0 Å². The molecule has 0 fully saturated rings. The van der Waals surface area contributed by atoms with Crippen LogP contribution in [0.15, 0.2) is 16.7 Å². The van der Waals surface area contributed by atoms with Crippen LogP contribution in [0.4, 0.5) is 14.5 Å². The minimum absolute atomic E-state index is 0.0393. The highest BCUT2D eigenvalue weighted by Crippen LogP contribution is 2.21. The van der Waals surface area contributed by atoms with Gasteiger partial charge in [0.05, 0.1) is 6.54 Å². The number of hydrogen-bond acceptors (Lipinski definition) is 5. The van der Waals surface area contributed by atoms with E-state index in [1.54, 1.807) is 6.92 Å². The van der Waals surface area contributed by atoms with Crippen molar-refractivity contribution < 1.29 is 13.3 Å². The van der Waals surface area contributed by atoms with Crippen LogP contribution < -0.4 is 11.1 Å². The van der Waals surface area contributed by atoms with E-state index < -0.39 is 11.6 Å². The van der Waals surface area contributed by atoms with Gasteiger partial charge in [0, 0.05) is 12.5 Å². The highest BCUT2D eigenvalue weighted by molar-refractivity contribution is 7.80. The van der Waals surface area contributed by atoms with Gasteiger partial charge in [0.1, 0.15) is 22.3 Å². The number of benzene rings is 1. The molecule has 5 nitrogen and oxygen atoms in total. The molecular weight excluding hydrogens is 274 g/mol. The van der Waals surface area contributed by atoms with Crippen molar-refractivity contribution in [2.75, 3.05) is 5.32 Å². The van der Waals surface area contributed by atoms with Gasteiger partial charge in [0.25, 0.3) is 0 Å². The molecule has 0 aliphatic carbocycles. The Morgan fingerprint density at radius 2 is 2.05 bits per heavy atom. The number of thiocarbonyl (C=S) groups is 1. The fourth-order valence-corrected chi connectivity index (χ4v) is 1.58. The maximum absolute atomic E-state index is 13.7. The molecule has 100 valence electrons. The van der Waals surface area contributed by atoms with Crippen LogP contribution in [0.1, 0.15) is 17.3 Å². The molecule has 3 N–H and O–H groups in total. The molecule has 0 radical (unpaired) electrons. The number of anilines is 1. The topological polar surface area (TPSA) is 77.0 Å². The normalized spacial score (nSPS) is 10.5. The second kappa shape index (κ2) is 5.27. The number of aromatic nitrogens is 2. The average Bonchev–Trinajstić information content (AvgIpc) is 2.73. The van der Waals surface area contributed by atoms with E-state index in [1.807, 2.05) is 0 Å². The molecule has 0 unspecified atom stereocenters. The summed E-state index contributed by atoms with van der Waals surface area (Å²) in [5.74, 6) is -0.901. The summed E-state index contributed by atoms with van der Waals surface area (Å²) in [6, 6.07) is 2.13. The zero-order valence-electron chi connectivity index (χ0n) is 9.91. The predicted molar refractivity (Wildman–Crippen MR) is 68.6 cm³/mol. The van der Waals surface area contributed by atoms with Crippen molar-refractivity contribution in [2.24, 2.45) is 5.73 Å². The molecule has 0 saturated carbocycles. The predicted octanol–water partition coefficient (Wildman–Crippen LogP) is 1.90. The Morgan fingerprint density at radius 1 is 1.42 bits per heavy atom. The van der Waals surface area contributed by atoms with Crippen LogP contribution >= 0.6 is 12.2 Å². The van der Waals surface area contributed by atoms with E-state index in [0.29, 0.717) is 11.7 Å². The maximum atomic E-state index is 13.7. The van der Waals surface area contributed by atoms with Gasteiger partial charge in [-0.05, 0) is 12.1 Å². The number of aryl methyl sites for hydroxylation is 1. The molecular formula is C11H10F2N4OS. The SMILES string of the molecule is Cc1nc(CNc2c(F)cc(C(N)=S)cc2F)no1. The fourth-order valence-electron chi connectivity index (χ4n) is 1.46. The van der Waals surface area contributed by atoms with Crippen LogP contribution in [-0.4, -0.2) is 15.1 Å².